The van der Waals surface area contributed by atoms with Crippen molar-refractivity contribution < 1.29 is 4.79 Å². The quantitative estimate of drug-likeness (QED) is 0.769. The van der Waals surface area contributed by atoms with Crippen LogP contribution in [-0.2, 0) is 0 Å². The van der Waals surface area contributed by atoms with Gasteiger partial charge in [0, 0.05) is 33.5 Å². The van der Waals surface area contributed by atoms with Crippen molar-refractivity contribution in [3.8, 4) is 0 Å². The van der Waals surface area contributed by atoms with Gasteiger partial charge in [0.15, 0.2) is 0 Å². The van der Waals surface area contributed by atoms with E-state index in [1.165, 1.54) is 6.07 Å². The predicted octanol–water partition coefficient (Wildman–Crippen LogP) is 2.18. The standard InChI is InChI=1S/C14H16BrN3O2.ClH/c1-14(2,16)7-17-13(20)10-6-12(19)18-11-4-3-8(15)5-9(10)11;/h3-6H,7,16H2,1-2H3,(H,17,20)(H,18,19);1H. The lowest BCUT2D eigenvalue weighted by atomic mass is 10.1. The number of carbonyl (C=O) groups is 1. The van der Waals surface area contributed by atoms with Gasteiger partial charge >= 0.3 is 0 Å². The molecule has 0 atom stereocenters. The summed E-state index contributed by atoms with van der Waals surface area (Å²) in [6.07, 6.45) is 0. The maximum atomic E-state index is 12.2. The van der Waals surface area contributed by atoms with Gasteiger partial charge < -0.3 is 16.0 Å². The molecule has 1 heterocycles. The van der Waals surface area contributed by atoms with Gasteiger partial charge in [-0.05, 0) is 32.0 Å². The zero-order valence-electron chi connectivity index (χ0n) is 11.7. The molecule has 0 aliphatic carbocycles. The fourth-order valence-corrected chi connectivity index (χ4v) is 2.18. The molecule has 114 valence electrons. The average Bonchev–Trinajstić information content (AvgIpc) is 2.34. The summed E-state index contributed by atoms with van der Waals surface area (Å²) in [5, 5.41) is 3.43. The molecule has 0 aliphatic rings. The minimum Gasteiger partial charge on any atom is -0.350 e. The highest BCUT2D eigenvalue weighted by atomic mass is 79.9. The second-order valence-corrected chi connectivity index (χ2v) is 6.32. The molecule has 2 aromatic rings. The largest absolute Gasteiger partial charge is 0.350 e. The molecule has 4 N–H and O–H groups in total. The number of nitrogens with two attached hydrogens (primary N) is 1. The highest BCUT2D eigenvalue weighted by Gasteiger charge is 2.16. The van der Waals surface area contributed by atoms with Crippen molar-refractivity contribution in [1.82, 2.24) is 10.3 Å². The lowest BCUT2D eigenvalue weighted by Crippen LogP contribution is -2.45. The molecular weight excluding hydrogens is 358 g/mol. The number of H-pyrrole nitrogens is 1. The number of aromatic amines is 1. The van der Waals surface area contributed by atoms with E-state index in [2.05, 4.69) is 26.2 Å². The smallest absolute Gasteiger partial charge is 0.252 e. The van der Waals surface area contributed by atoms with Crippen molar-refractivity contribution in [2.24, 2.45) is 5.73 Å². The van der Waals surface area contributed by atoms with Crippen molar-refractivity contribution in [3.63, 3.8) is 0 Å². The number of aromatic nitrogens is 1. The Morgan fingerprint density at radius 3 is 2.67 bits per heavy atom. The molecule has 0 saturated heterocycles. The molecule has 0 bridgehead atoms. The van der Waals surface area contributed by atoms with Gasteiger partial charge in [0.05, 0.1) is 5.56 Å². The van der Waals surface area contributed by atoms with Crippen LogP contribution in [-0.4, -0.2) is 23.0 Å². The van der Waals surface area contributed by atoms with Crippen LogP contribution >= 0.6 is 28.3 Å². The zero-order chi connectivity index (χ0) is 14.9. The molecule has 5 nitrogen and oxygen atoms in total. The van der Waals surface area contributed by atoms with Crippen molar-refractivity contribution in [1.29, 1.82) is 0 Å². The Kier molecular flexibility index (Phi) is 5.55. The molecule has 0 unspecified atom stereocenters. The third-order valence-electron chi connectivity index (χ3n) is 2.75. The highest BCUT2D eigenvalue weighted by Crippen LogP contribution is 2.20. The SMILES string of the molecule is CC(C)(N)CNC(=O)c1cc(=O)[nH]c2ccc(Br)cc12.Cl. The number of hydrogen-bond donors (Lipinski definition) is 3. The minimum atomic E-state index is -0.507. The minimum absolute atomic E-state index is 0. The molecule has 1 aromatic carbocycles. The third kappa shape index (κ3) is 4.56. The van der Waals surface area contributed by atoms with Crippen LogP contribution in [0.15, 0.2) is 33.5 Å². The number of benzene rings is 1. The Morgan fingerprint density at radius 2 is 2.05 bits per heavy atom. The van der Waals surface area contributed by atoms with Crippen LogP contribution in [0.25, 0.3) is 10.9 Å². The van der Waals surface area contributed by atoms with Gasteiger partial charge in [-0.3, -0.25) is 9.59 Å². The number of nitrogens with one attached hydrogen (secondary N) is 2. The van der Waals surface area contributed by atoms with Crippen LogP contribution in [0.4, 0.5) is 0 Å². The first-order valence-electron chi connectivity index (χ1n) is 6.16. The van der Waals surface area contributed by atoms with Crippen molar-refractivity contribution >= 4 is 45.1 Å². The van der Waals surface area contributed by atoms with E-state index >= 15 is 0 Å². The monoisotopic (exact) mass is 373 g/mol. The Bertz CT molecular complexity index is 722. The number of halogens is 2. The second kappa shape index (κ2) is 6.60. The van der Waals surface area contributed by atoms with Crippen LogP contribution in [0.3, 0.4) is 0 Å². The second-order valence-electron chi connectivity index (χ2n) is 5.41. The number of hydrogen-bond acceptors (Lipinski definition) is 3. The molecule has 0 aliphatic heterocycles. The maximum Gasteiger partial charge on any atom is 0.252 e. The van der Waals surface area contributed by atoms with Crippen LogP contribution in [0.5, 0.6) is 0 Å². The average molecular weight is 375 g/mol. The van der Waals surface area contributed by atoms with Crippen LogP contribution in [0.2, 0.25) is 0 Å². The summed E-state index contributed by atoms with van der Waals surface area (Å²) < 4.78 is 0.838. The van der Waals surface area contributed by atoms with E-state index in [1.807, 2.05) is 19.9 Å². The molecule has 1 aromatic heterocycles. The van der Waals surface area contributed by atoms with E-state index < -0.39 is 5.54 Å². The Hall–Kier alpha value is -1.37. The lowest BCUT2D eigenvalue weighted by molar-refractivity contribution is 0.0947. The third-order valence-corrected chi connectivity index (χ3v) is 3.25. The number of rotatable bonds is 3. The van der Waals surface area contributed by atoms with Crippen LogP contribution in [0.1, 0.15) is 24.2 Å². The van der Waals surface area contributed by atoms with Crippen LogP contribution < -0.4 is 16.6 Å². The summed E-state index contributed by atoms with van der Waals surface area (Å²) >= 11 is 3.36. The first-order chi connectivity index (χ1) is 9.26. The summed E-state index contributed by atoms with van der Waals surface area (Å²) in [5.41, 5.74) is 5.99. The van der Waals surface area contributed by atoms with E-state index in [-0.39, 0.29) is 23.9 Å². The molecule has 21 heavy (non-hydrogen) atoms. The van der Waals surface area contributed by atoms with E-state index in [0.29, 0.717) is 23.0 Å². The zero-order valence-corrected chi connectivity index (χ0v) is 14.1. The van der Waals surface area contributed by atoms with Gasteiger partial charge in [0.25, 0.3) is 5.91 Å². The molecule has 0 fully saturated rings. The normalized spacial score (nSPS) is 11.0. The molecule has 0 radical (unpaired) electrons. The summed E-state index contributed by atoms with van der Waals surface area (Å²) in [7, 11) is 0. The van der Waals surface area contributed by atoms with E-state index in [1.54, 1.807) is 12.1 Å². The van der Waals surface area contributed by atoms with Gasteiger partial charge in [-0.1, -0.05) is 15.9 Å². The fourth-order valence-electron chi connectivity index (χ4n) is 1.82. The summed E-state index contributed by atoms with van der Waals surface area (Å²) in [6, 6.07) is 6.66. The lowest BCUT2D eigenvalue weighted by Gasteiger charge is -2.19. The van der Waals surface area contributed by atoms with Gasteiger partial charge in [0.2, 0.25) is 5.56 Å². The highest BCUT2D eigenvalue weighted by molar-refractivity contribution is 9.10. The van der Waals surface area contributed by atoms with E-state index in [4.69, 9.17) is 5.73 Å². The fraction of sp³-hybridized carbons (Fsp3) is 0.286. The first-order valence-corrected chi connectivity index (χ1v) is 6.95. The van der Waals surface area contributed by atoms with Crippen LogP contribution in [0, 0.1) is 0 Å². The molecule has 7 heteroatoms. The number of amides is 1. The Labute approximate surface area is 136 Å². The maximum absolute atomic E-state index is 12.2. The van der Waals surface area contributed by atoms with Gasteiger partial charge in [-0.25, -0.2) is 0 Å². The van der Waals surface area contributed by atoms with Crippen molar-refractivity contribution in [2.45, 2.75) is 19.4 Å². The topological polar surface area (TPSA) is 88.0 Å². The number of fused-ring (bicyclic) bond motifs is 1. The molecule has 0 saturated carbocycles. The van der Waals surface area contributed by atoms with E-state index in [0.717, 1.165) is 4.47 Å². The molecule has 2 rings (SSSR count). The predicted molar refractivity (Wildman–Crippen MR) is 90.1 cm³/mol. The summed E-state index contributed by atoms with van der Waals surface area (Å²) in [6.45, 7) is 3.97. The number of pyridine rings is 1. The van der Waals surface area contributed by atoms with E-state index in [9.17, 15) is 9.59 Å². The summed E-state index contributed by atoms with van der Waals surface area (Å²) in [4.78, 5) is 26.6. The Balaban J connectivity index is 0.00000220. The molecule has 0 spiro atoms. The molecule has 1 amide bonds. The number of carbonyl (C=O) groups excluding carboxylic acids is 1. The first kappa shape index (κ1) is 17.7. The van der Waals surface area contributed by atoms with Crippen molar-refractivity contribution in [3.05, 3.63) is 44.7 Å². The van der Waals surface area contributed by atoms with Crippen molar-refractivity contribution in [2.75, 3.05) is 6.54 Å². The Morgan fingerprint density at radius 1 is 1.38 bits per heavy atom. The summed E-state index contributed by atoms with van der Waals surface area (Å²) in [5.74, 6) is -0.308. The molecular formula is C14H17BrClN3O2. The van der Waals surface area contributed by atoms with Gasteiger partial charge in [-0.15, -0.1) is 12.4 Å². The van der Waals surface area contributed by atoms with Gasteiger partial charge in [0.1, 0.15) is 0 Å². The van der Waals surface area contributed by atoms with Gasteiger partial charge in [-0.2, -0.15) is 0 Å².